The van der Waals surface area contributed by atoms with Crippen LogP contribution in [0.25, 0.3) is 0 Å². The topological polar surface area (TPSA) is 47.3 Å². The van der Waals surface area contributed by atoms with Crippen LogP contribution < -0.4 is 0 Å². The lowest BCUT2D eigenvalue weighted by atomic mass is 10.0. The highest BCUT2D eigenvalue weighted by Crippen LogP contribution is 2.20. The van der Waals surface area contributed by atoms with Crippen molar-refractivity contribution < 1.29 is 4.79 Å². The predicted octanol–water partition coefficient (Wildman–Crippen LogP) is 0.840. The molecule has 1 saturated heterocycles. The molecule has 0 spiro atoms. The van der Waals surface area contributed by atoms with E-state index in [0.29, 0.717) is 12.1 Å². The normalized spacial score (nSPS) is 28.3. The molecule has 0 aromatic carbocycles. The number of rotatable bonds is 2. The molecule has 1 amide bonds. The smallest absolute Gasteiger partial charge is 0.240 e. The SMILES string of the molecule is CC(C)N1C(C)CN(C)C(=O)C1CC#N. The first-order chi connectivity index (χ1) is 6.99. The first-order valence-electron chi connectivity index (χ1n) is 5.38. The van der Waals surface area contributed by atoms with Crippen molar-refractivity contribution in [1.29, 1.82) is 5.26 Å². The molecule has 1 aliphatic rings. The molecule has 0 saturated carbocycles. The van der Waals surface area contributed by atoms with E-state index in [2.05, 4.69) is 31.7 Å². The van der Waals surface area contributed by atoms with Crippen LogP contribution >= 0.6 is 0 Å². The fourth-order valence-corrected chi connectivity index (χ4v) is 2.42. The van der Waals surface area contributed by atoms with Gasteiger partial charge in [0.1, 0.15) is 6.04 Å². The van der Waals surface area contributed by atoms with E-state index in [0.717, 1.165) is 6.54 Å². The average Bonchev–Trinajstić information content (AvgIpc) is 2.13. The summed E-state index contributed by atoms with van der Waals surface area (Å²) >= 11 is 0. The van der Waals surface area contributed by atoms with Gasteiger partial charge in [-0.3, -0.25) is 9.69 Å². The highest BCUT2D eigenvalue weighted by atomic mass is 16.2. The molecule has 0 radical (unpaired) electrons. The Morgan fingerprint density at radius 1 is 1.60 bits per heavy atom. The molecule has 4 heteroatoms. The Kier molecular flexibility index (Phi) is 3.70. The molecule has 4 nitrogen and oxygen atoms in total. The van der Waals surface area contributed by atoms with Crippen LogP contribution in [0.3, 0.4) is 0 Å². The average molecular weight is 209 g/mol. The molecule has 2 unspecified atom stereocenters. The second-order valence-electron chi connectivity index (χ2n) is 4.49. The fraction of sp³-hybridized carbons (Fsp3) is 0.818. The molecule has 0 aliphatic carbocycles. The molecule has 1 aliphatic heterocycles. The Balaban J connectivity index is 2.91. The first-order valence-corrected chi connectivity index (χ1v) is 5.38. The fourth-order valence-electron chi connectivity index (χ4n) is 2.42. The van der Waals surface area contributed by atoms with Gasteiger partial charge >= 0.3 is 0 Å². The summed E-state index contributed by atoms with van der Waals surface area (Å²) < 4.78 is 0. The minimum atomic E-state index is -0.260. The Bertz CT molecular complexity index is 282. The van der Waals surface area contributed by atoms with Gasteiger partial charge in [-0.05, 0) is 20.8 Å². The zero-order valence-electron chi connectivity index (χ0n) is 9.90. The number of amides is 1. The molecular formula is C11H19N3O. The number of hydrogen-bond donors (Lipinski definition) is 0. The maximum Gasteiger partial charge on any atom is 0.240 e. The van der Waals surface area contributed by atoms with Crippen molar-refractivity contribution in [2.24, 2.45) is 0 Å². The lowest BCUT2D eigenvalue weighted by Gasteiger charge is -2.45. The summed E-state index contributed by atoms with van der Waals surface area (Å²) in [5, 5.41) is 8.76. The molecule has 0 aromatic heterocycles. The summed E-state index contributed by atoms with van der Waals surface area (Å²) in [5.41, 5.74) is 0. The van der Waals surface area contributed by atoms with Gasteiger partial charge in [-0.15, -0.1) is 0 Å². The van der Waals surface area contributed by atoms with E-state index in [1.165, 1.54) is 0 Å². The summed E-state index contributed by atoms with van der Waals surface area (Å²) in [4.78, 5) is 15.8. The number of carbonyl (C=O) groups is 1. The van der Waals surface area contributed by atoms with E-state index in [1.54, 1.807) is 11.9 Å². The van der Waals surface area contributed by atoms with Crippen LogP contribution in [0, 0.1) is 11.3 Å². The maximum atomic E-state index is 11.9. The molecular weight excluding hydrogens is 190 g/mol. The van der Waals surface area contributed by atoms with Crippen molar-refractivity contribution >= 4 is 5.91 Å². The zero-order valence-corrected chi connectivity index (χ0v) is 9.90. The molecule has 1 fully saturated rings. The van der Waals surface area contributed by atoms with Crippen LogP contribution in [0.15, 0.2) is 0 Å². The van der Waals surface area contributed by atoms with Crippen LogP contribution in [0.1, 0.15) is 27.2 Å². The molecule has 0 bridgehead atoms. The number of hydrogen-bond acceptors (Lipinski definition) is 3. The minimum Gasteiger partial charge on any atom is -0.343 e. The Labute approximate surface area is 91.5 Å². The van der Waals surface area contributed by atoms with Gasteiger partial charge in [-0.2, -0.15) is 5.26 Å². The third-order valence-corrected chi connectivity index (χ3v) is 2.95. The third kappa shape index (κ3) is 2.29. The van der Waals surface area contributed by atoms with Crippen LogP contribution in [-0.2, 0) is 4.79 Å². The summed E-state index contributed by atoms with van der Waals surface area (Å²) in [6, 6.07) is 2.47. The number of carbonyl (C=O) groups excluding carboxylic acids is 1. The van der Waals surface area contributed by atoms with Gasteiger partial charge in [-0.25, -0.2) is 0 Å². The van der Waals surface area contributed by atoms with Gasteiger partial charge in [0.15, 0.2) is 0 Å². The van der Waals surface area contributed by atoms with Crippen molar-refractivity contribution in [2.45, 2.75) is 45.3 Å². The molecule has 1 heterocycles. The summed E-state index contributed by atoms with van der Waals surface area (Å²) in [6.07, 6.45) is 0.283. The van der Waals surface area contributed by atoms with E-state index in [-0.39, 0.29) is 18.4 Å². The van der Waals surface area contributed by atoms with Gasteiger partial charge in [0.2, 0.25) is 5.91 Å². The van der Waals surface area contributed by atoms with Gasteiger partial charge in [0.05, 0.1) is 12.5 Å². The van der Waals surface area contributed by atoms with Gasteiger partial charge in [0, 0.05) is 25.7 Å². The Morgan fingerprint density at radius 2 is 2.20 bits per heavy atom. The van der Waals surface area contributed by atoms with Crippen LogP contribution in [0.2, 0.25) is 0 Å². The number of piperazine rings is 1. The molecule has 0 aromatic rings. The number of likely N-dealkylation sites (N-methyl/N-ethyl adjacent to an activating group) is 1. The van der Waals surface area contributed by atoms with E-state index in [1.807, 2.05) is 0 Å². The van der Waals surface area contributed by atoms with Crippen LogP contribution in [0.5, 0.6) is 0 Å². The molecule has 2 atom stereocenters. The summed E-state index contributed by atoms with van der Waals surface area (Å²) in [7, 11) is 1.81. The Morgan fingerprint density at radius 3 is 2.67 bits per heavy atom. The van der Waals surface area contributed by atoms with Crippen LogP contribution in [-0.4, -0.2) is 47.4 Å². The minimum absolute atomic E-state index is 0.0725. The lowest BCUT2D eigenvalue weighted by molar-refractivity contribution is -0.144. The second-order valence-corrected chi connectivity index (χ2v) is 4.49. The highest BCUT2D eigenvalue weighted by Gasteiger charge is 2.38. The maximum absolute atomic E-state index is 11.9. The molecule has 0 N–H and O–H groups in total. The van der Waals surface area contributed by atoms with Gasteiger partial charge < -0.3 is 4.90 Å². The zero-order chi connectivity index (χ0) is 11.6. The Hall–Kier alpha value is -1.08. The monoisotopic (exact) mass is 209 g/mol. The van der Waals surface area contributed by atoms with Gasteiger partial charge in [-0.1, -0.05) is 0 Å². The van der Waals surface area contributed by atoms with E-state index >= 15 is 0 Å². The molecule has 15 heavy (non-hydrogen) atoms. The molecule has 84 valence electrons. The third-order valence-electron chi connectivity index (χ3n) is 2.95. The van der Waals surface area contributed by atoms with Crippen molar-refractivity contribution in [3.8, 4) is 6.07 Å². The van der Waals surface area contributed by atoms with Gasteiger partial charge in [0.25, 0.3) is 0 Å². The van der Waals surface area contributed by atoms with Crippen LogP contribution in [0.4, 0.5) is 0 Å². The van der Waals surface area contributed by atoms with E-state index in [4.69, 9.17) is 5.26 Å². The lowest BCUT2D eigenvalue weighted by Crippen LogP contribution is -2.61. The number of nitrogens with zero attached hydrogens (tertiary/aromatic N) is 3. The predicted molar refractivity (Wildman–Crippen MR) is 58.1 cm³/mol. The molecule has 1 rings (SSSR count). The van der Waals surface area contributed by atoms with Crippen molar-refractivity contribution in [3.63, 3.8) is 0 Å². The van der Waals surface area contributed by atoms with Crippen molar-refractivity contribution in [3.05, 3.63) is 0 Å². The number of nitriles is 1. The standard InChI is InChI=1S/C11H19N3O/c1-8(2)14-9(3)7-13(4)11(15)10(14)5-6-12/h8-10H,5,7H2,1-4H3. The van der Waals surface area contributed by atoms with E-state index in [9.17, 15) is 4.79 Å². The highest BCUT2D eigenvalue weighted by molar-refractivity contribution is 5.82. The van der Waals surface area contributed by atoms with Crippen molar-refractivity contribution in [2.75, 3.05) is 13.6 Å². The quantitative estimate of drug-likeness (QED) is 0.677. The summed E-state index contributed by atoms with van der Waals surface area (Å²) in [5.74, 6) is 0.0725. The van der Waals surface area contributed by atoms with E-state index < -0.39 is 0 Å². The summed E-state index contributed by atoms with van der Waals surface area (Å²) in [6.45, 7) is 6.99. The first kappa shape index (κ1) is 12.0. The largest absolute Gasteiger partial charge is 0.343 e. The second kappa shape index (κ2) is 4.63. The van der Waals surface area contributed by atoms with Crippen molar-refractivity contribution in [1.82, 2.24) is 9.80 Å².